The normalized spacial score (nSPS) is 22.9. The van der Waals surface area contributed by atoms with E-state index in [0.29, 0.717) is 6.04 Å². The number of hydrogen-bond donors (Lipinski definition) is 1. The van der Waals surface area contributed by atoms with E-state index in [2.05, 4.69) is 22.3 Å². The zero-order valence-electron chi connectivity index (χ0n) is 11.5. The van der Waals surface area contributed by atoms with Gasteiger partial charge in [0.15, 0.2) is 0 Å². The van der Waals surface area contributed by atoms with Gasteiger partial charge in [0.25, 0.3) is 0 Å². The van der Waals surface area contributed by atoms with Gasteiger partial charge in [0.05, 0.1) is 0 Å². The zero-order chi connectivity index (χ0) is 13.1. The Hall–Kier alpha value is -0.570. The average molecular weight is 279 g/mol. The molecule has 19 heavy (non-hydrogen) atoms. The molecule has 1 atom stereocenters. The molecule has 0 amide bonds. The summed E-state index contributed by atoms with van der Waals surface area (Å²) in [5.41, 5.74) is 2.90. The van der Waals surface area contributed by atoms with E-state index in [1.54, 1.807) is 0 Å². The molecule has 1 fully saturated rings. The molecule has 0 spiro atoms. The largest absolute Gasteiger partial charge is 0.310 e. The molecular formula is C16H23ClN2. The second-order valence-corrected chi connectivity index (χ2v) is 6.23. The lowest BCUT2D eigenvalue weighted by Crippen LogP contribution is -2.26. The van der Waals surface area contributed by atoms with E-state index in [9.17, 15) is 0 Å². The van der Waals surface area contributed by atoms with E-state index in [-0.39, 0.29) is 0 Å². The zero-order valence-corrected chi connectivity index (χ0v) is 12.3. The van der Waals surface area contributed by atoms with Crippen LogP contribution in [-0.4, -0.2) is 31.1 Å². The average Bonchev–Trinajstić information content (AvgIpc) is 3.03. The summed E-state index contributed by atoms with van der Waals surface area (Å²) in [6.45, 7) is 5.01. The van der Waals surface area contributed by atoms with Crippen LogP contribution in [0.1, 0.15) is 42.9 Å². The molecular weight excluding hydrogens is 256 g/mol. The molecule has 3 rings (SSSR count). The third kappa shape index (κ3) is 3.31. The van der Waals surface area contributed by atoms with Crippen molar-refractivity contribution in [1.29, 1.82) is 0 Å². The lowest BCUT2D eigenvalue weighted by Gasteiger charge is -2.17. The fourth-order valence-electron chi connectivity index (χ4n) is 3.38. The lowest BCUT2D eigenvalue weighted by molar-refractivity contribution is 0.327. The van der Waals surface area contributed by atoms with Gasteiger partial charge in [0, 0.05) is 11.1 Å². The second-order valence-electron chi connectivity index (χ2n) is 5.79. The van der Waals surface area contributed by atoms with Crippen LogP contribution in [-0.2, 0) is 6.42 Å². The van der Waals surface area contributed by atoms with Crippen molar-refractivity contribution in [2.75, 3.05) is 26.2 Å². The summed E-state index contributed by atoms with van der Waals surface area (Å²) in [4.78, 5) is 2.59. The van der Waals surface area contributed by atoms with Crippen LogP contribution in [0.4, 0.5) is 0 Å². The van der Waals surface area contributed by atoms with Gasteiger partial charge in [-0.3, -0.25) is 0 Å². The van der Waals surface area contributed by atoms with E-state index < -0.39 is 0 Å². The topological polar surface area (TPSA) is 15.3 Å². The van der Waals surface area contributed by atoms with E-state index in [0.717, 1.165) is 11.6 Å². The number of nitrogens with one attached hydrogen (secondary N) is 1. The van der Waals surface area contributed by atoms with Crippen LogP contribution < -0.4 is 5.32 Å². The standard InChI is InChI=1S/C16H23ClN2/c17-14-5-6-15-13(12-14)4-7-16(15)18-8-3-11-19-9-1-2-10-19/h5-6,12,16,18H,1-4,7-11H2. The van der Waals surface area contributed by atoms with Gasteiger partial charge in [-0.25, -0.2) is 0 Å². The Labute approximate surface area is 121 Å². The van der Waals surface area contributed by atoms with E-state index in [1.807, 2.05) is 6.07 Å². The summed E-state index contributed by atoms with van der Waals surface area (Å²) in [5, 5.41) is 4.58. The molecule has 1 heterocycles. The van der Waals surface area contributed by atoms with Gasteiger partial charge >= 0.3 is 0 Å². The predicted molar refractivity (Wildman–Crippen MR) is 80.8 cm³/mol. The lowest BCUT2D eigenvalue weighted by atomic mass is 10.1. The minimum atomic E-state index is 0.547. The summed E-state index contributed by atoms with van der Waals surface area (Å²) in [5.74, 6) is 0. The minimum absolute atomic E-state index is 0.547. The number of halogens is 1. The first-order valence-corrected chi connectivity index (χ1v) is 7.95. The Morgan fingerprint density at radius 1 is 1.26 bits per heavy atom. The Morgan fingerprint density at radius 3 is 2.95 bits per heavy atom. The van der Waals surface area contributed by atoms with Gasteiger partial charge in [0.1, 0.15) is 0 Å². The molecule has 1 N–H and O–H groups in total. The van der Waals surface area contributed by atoms with Crippen molar-refractivity contribution in [2.24, 2.45) is 0 Å². The molecule has 0 radical (unpaired) electrons. The highest BCUT2D eigenvalue weighted by Crippen LogP contribution is 2.32. The van der Waals surface area contributed by atoms with Crippen molar-refractivity contribution in [3.8, 4) is 0 Å². The summed E-state index contributed by atoms with van der Waals surface area (Å²) in [6.07, 6.45) is 6.44. The third-order valence-corrected chi connectivity index (χ3v) is 4.66. The Kier molecular flexibility index (Phi) is 4.42. The summed E-state index contributed by atoms with van der Waals surface area (Å²) in [6, 6.07) is 6.89. The van der Waals surface area contributed by atoms with Gasteiger partial charge in [-0.05, 0) is 81.5 Å². The number of rotatable bonds is 5. The minimum Gasteiger partial charge on any atom is -0.310 e. The van der Waals surface area contributed by atoms with Crippen LogP contribution in [0.3, 0.4) is 0 Å². The van der Waals surface area contributed by atoms with Crippen LogP contribution in [0.25, 0.3) is 0 Å². The van der Waals surface area contributed by atoms with Crippen LogP contribution in [0.5, 0.6) is 0 Å². The number of aryl methyl sites for hydroxylation is 1. The molecule has 1 aromatic carbocycles. The smallest absolute Gasteiger partial charge is 0.0408 e. The fraction of sp³-hybridized carbons (Fsp3) is 0.625. The van der Waals surface area contributed by atoms with Crippen LogP contribution >= 0.6 is 11.6 Å². The van der Waals surface area contributed by atoms with E-state index >= 15 is 0 Å². The molecule has 1 unspecified atom stereocenters. The highest BCUT2D eigenvalue weighted by Gasteiger charge is 2.21. The summed E-state index contributed by atoms with van der Waals surface area (Å²) in [7, 11) is 0. The van der Waals surface area contributed by atoms with Crippen molar-refractivity contribution >= 4 is 11.6 Å². The first kappa shape index (κ1) is 13.4. The molecule has 1 aliphatic heterocycles. The number of hydrogen-bond acceptors (Lipinski definition) is 2. The van der Waals surface area contributed by atoms with Crippen molar-refractivity contribution < 1.29 is 0 Å². The molecule has 3 heteroatoms. The first-order valence-electron chi connectivity index (χ1n) is 7.57. The number of benzene rings is 1. The summed E-state index contributed by atoms with van der Waals surface area (Å²) >= 11 is 6.04. The highest BCUT2D eigenvalue weighted by atomic mass is 35.5. The highest BCUT2D eigenvalue weighted by molar-refractivity contribution is 6.30. The molecule has 1 aromatic rings. The number of nitrogens with zero attached hydrogens (tertiary/aromatic N) is 1. The molecule has 0 bridgehead atoms. The molecule has 104 valence electrons. The van der Waals surface area contributed by atoms with Gasteiger partial charge in [0.2, 0.25) is 0 Å². The van der Waals surface area contributed by atoms with Gasteiger partial charge in [-0.2, -0.15) is 0 Å². The van der Waals surface area contributed by atoms with Crippen molar-refractivity contribution in [1.82, 2.24) is 10.2 Å². The van der Waals surface area contributed by atoms with Crippen LogP contribution in [0.15, 0.2) is 18.2 Å². The maximum atomic E-state index is 6.04. The number of fused-ring (bicyclic) bond motifs is 1. The van der Waals surface area contributed by atoms with Crippen LogP contribution in [0, 0.1) is 0 Å². The molecule has 2 aliphatic rings. The number of likely N-dealkylation sites (tertiary alicyclic amines) is 1. The second kappa shape index (κ2) is 6.25. The predicted octanol–water partition coefficient (Wildman–Crippen LogP) is 3.40. The van der Waals surface area contributed by atoms with Crippen molar-refractivity contribution in [3.05, 3.63) is 34.3 Å². The summed E-state index contributed by atoms with van der Waals surface area (Å²) < 4.78 is 0. The monoisotopic (exact) mass is 278 g/mol. The fourth-order valence-corrected chi connectivity index (χ4v) is 3.58. The Balaban J connectivity index is 1.44. The van der Waals surface area contributed by atoms with Crippen molar-refractivity contribution in [3.63, 3.8) is 0 Å². The first-order chi connectivity index (χ1) is 9.33. The molecule has 0 saturated carbocycles. The van der Waals surface area contributed by atoms with Crippen LogP contribution in [0.2, 0.25) is 5.02 Å². The molecule has 0 aromatic heterocycles. The maximum absolute atomic E-state index is 6.04. The third-order valence-electron chi connectivity index (χ3n) is 4.42. The van der Waals surface area contributed by atoms with Gasteiger partial charge in [-0.1, -0.05) is 17.7 Å². The molecule has 2 nitrogen and oxygen atoms in total. The molecule has 1 saturated heterocycles. The van der Waals surface area contributed by atoms with E-state index in [4.69, 9.17) is 11.6 Å². The van der Waals surface area contributed by atoms with Gasteiger partial charge < -0.3 is 10.2 Å². The van der Waals surface area contributed by atoms with E-state index in [1.165, 1.54) is 62.9 Å². The molecule has 1 aliphatic carbocycles. The Bertz CT molecular complexity index is 427. The van der Waals surface area contributed by atoms with Gasteiger partial charge in [-0.15, -0.1) is 0 Å². The van der Waals surface area contributed by atoms with Crippen molar-refractivity contribution in [2.45, 2.75) is 38.1 Å². The Morgan fingerprint density at radius 2 is 2.11 bits per heavy atom. The SMILES string of the molecule is Clc1ccc2c(c1)CCC2NCCCN1CCCC1. The quantitative estimate of drug-likeness (QED) is 0.831. The maximum Gasteiger partial charge on any atom is 0.0408 e.